The molecule has 0 N–H and O–H groups in total. The van der Waals surface area contributed by atoms with Gasteiger partial charge in [0.15, 0.2) is 0 Å². The Labute approximate surface area is 458 Å². The van der Waals surface area contributed by atoms with Crippen molar-refractivity contribution < 1.29 is 6.85 Å². The van der Waals surface area contributed by atoms with Crippen molar-refractivity contribution in [2.75, 3.05) is 14.7 Å². The molecule has 0 unspecified atom stereocenters. The average Bonchev–Trinajstić information content (AvgIpc) is 3.64. The molecule has 76 heavy (non-hydrogen) atoms. The molecule has 0 amide bonds. The van der Waals surface area contributed by atoms with Gasteiger partial charge in [-0.3, -0.25) is 0 Å². The molecule has 4 heteroatoms. The van der Waals surface area contributed by atoms with Crippen LogP contribution in [-0.2, 0) is 16.2 Å². The Kier molecular flexibility index (Phi) is 10.6. The summed E-state index contributed by atoms with van der Waals surface area (Å²) in [7, 11) is 0. The molecule has 10 aromatic rings. The van der Waals surface area contributed by atoms with Gasteiger partial charge >= 0.3 is 0 Å². The van der Waals surface area contributed by atoms with Gasteiger partial charge in [-0.2, -0.15) is 0 Å². The summed E-state index contributed by atoms with van der Waals surface area (Å²) in [6.45, 7) is 20.0. The van der Waals surface area contributed by atoms with Crippen LogP contribution in [0.4, 0.5) is 51.2 Å². The number of fused-ring (bicyclic) bond motifs is 4. The van der Waals surface area contributed by atoms with Crippen LogP contribution < -0.4 is 31.1 Å². The van der Waals surface area contributed by atoms with Gasteiger partial charge in [0.2, 0.25) is 0 Å². The van der Waals surface area contributed by atoms with Crippen LogP contribution in [0.1, 0.15) is 85.9 Å². The van der Waals surface area contributed by atoms with E-state index in [1.54, 1.807) is 0 Å². The quantitative estimate of drug-likeness (QED) is 0.141. The van der Waals surface area contributed by atoms with E-state index in [0.29, 0.717) is 5.56 Å². The van der Waals surface area contributed by atoms with Crippen LogP contribution in [0.3, 0.4) is 0 Å². The lowest BCUT2D eigenvalue weighted by atomic mass is 9.33. The maximum absolute atomic E-state index is 9.63. The number of hydrogen-bond donors (Lipinski definition) is 0. The van der Waals surface area contributed by atoms with Crippen LogP contribution in [0, 0.1) is 0 Å². The second kappa shape index (κ2) is 18.8. The minimum atomic E-state index is -0.430. The Bertz CT molecular complexity index is 4000. The molecule has 2 heterocycles. The van der Waals surface area contributed by atoms with Gasteiger partial charge in [0.25, 0.3) is 6.71 Å². The fraction of sp³-hybridized carbons (Fsp3) is 0.167. The number of para-hydroxylation sites is 2. The Morgan fingerprint density at radius 1 is 0.342 bits per heavy atom. The second-order valence-electron chi connectivity index (χ2n) is 23.5. The molecule has 0 saturated carbocycles. The van der Waals surface area contributed by atoms with E-state index >= 15 is 0 Å². The monoisotopic (exact) mass is 989 g/mol. The zero-order chi connectivity index (χ0) is 56.9. The van der Waals surface area contributed by atoms with Crippen LogP contribution in [0.5, 0.6) is 0 Å². The first-order valence-corrected chi connectivity index (χ1v) is 26.6. The van der Waals surface area contributed by atoms with Crippen LogP contribution >= 0.6 is 0 Å². The maximum atomic E-state index is 9.63. The van der Waals surface area contributed by atoms with Crippen molar-refractivity contribution in [3.63, 3.8) is 0 Å². The Hall–Kier alpha value is -8.34. The highest BCUT2D eigenvalue weighted by Crippen LogP contribution is 2.52. The standard InChI is InChI=1S/C72H66BN3/c1-70(2,3)53-35-40-63(59(45-53)50-27-17-11-18-28-50)75-65-42-37-55(72(7,8)9)47-62(65)73-61-39-38-58(74(56-31-21-13-22-32-56)57-33-23-14-24-34-57)48-66(61)76(68-44-52(43-67(75)69(68)73)49-25-15-10-16-26-49)64-41-36-54(71(4,5)6)46-60(64)51-29-19-12-20-30-51/h10-48H,1-9H3/i10D,15D,16D,25D,26D. The highest BCUT2D eigenvalue weighted by molar-refractivity contribution is 7.00. The molecule has 0 bridgehead atoms. The minimum Gasteiger partial charge on any atom is -0.311 e. The Morgan fingerprint density at radius 3 is 1.25 bits per heavy atom. The topological polar surface area (TPSA) is 9.72 Å². The fourth-order valence-electron chi connectivity index (χ4n) is 11.3. The molecule has 0 aliphatic carbocycles. The molecule has 2 aliphatic heterocycles. The molecule has 0 radical (unpaired) electrons. The predicted molar refractivity (Wildman–Crippen MR) is 328 cm³/mol. The smallest absolute Gasteiger partial charge is 0.252 e. The van der Waals surface area contributed by atoms with Gasteiger partial charge in [0.05, 0.1) is 18.2 Å². The molecule has 0 saturated heterocycles. The van der Waals surface area contributed by atoms with Crippen molar-refractivity contribution in [3.8, 4) is 33.4 Å². The molecule has 3 nitrogen and oxygen atoms in total. The summed E-state index contributed by atoms with van der Waals surface area (Å²) in [6, 6.07) is 72.3. The van der Waals surface area contributed by atoms with Crippen LogP contribution in [0.15, 0.2) is 236 Å². The second-order valence-corrected chi connectivity index (χ2v) is 23.5. The van der Waals surface area contributed by atoms with Crippen molar-refractivity contribution in [2.24, 2.45) is 0 Å². The third-order valence-electron chi connectivity index (χ3n) is 15.4. The van der Waals surface area contributed by atoms with E-state index in [2.05, 4.69) is 271 Å². The Balaban J connectivity index is 1.27. The molecule has 2 aliphatic rings. The molecular formula is C72H66BN3. The third kappa shape index (κ3) is 8.70. The normalized spacial score (nSPS) is 13.9. The summed E-state index contributed by atoms with van der Waals surface area (Å²) in [5, 5.41) is 0. The zero-order valence-electron chi connectivity index (χ0n) is 50.0. The van der Waals surface area contributed by atoms with Gasteiger partial charge in [-0.1, -0.05) is 220 Å². The van der Waals surface area contributed by atoms with E-state index < -0.39 is 6.04 Å². The Morgan fingerprint density at radius 2 is 0.776 bits per heavy atom. The first-order chi connectivity index (χ1) is 38.7. The van der Waals surface area contributed by atoms with Gasteiger partial charge in [0, 0.05) is 50.9 Å². The molecule has 0 atom stereocenters. The van der Waals surface area contributed by atoms with Crippen molar-refractivity contribution in [2.45, 2.75) is 78.6 Å². The lowest BCUT2D eigenvalue weighted by Crippen LogP contribution is -2.61. The van der Waals surface area contributed by atoms with Gasteiger partial charge < -0.3 is 14.7 Å². The van der Waals surface area contributed by atoms with Crippen molar-refractivity contribution in [1.82, 2.24) is 0 Å². The SMILES string of the molecule is [2H]c1c([2H])c([2H])c(-c2cc3c4c(c2)N(c2ccc(C(C)(C)C)cc2-c2ccccc2)c2cc(N(c5ccccc5)c5ccccc5)ccc2B4c2cc(C(C)(C)C)ccc2N3c2ccc(C(C)(C)C)cc2-c2ccccc2)c([2H])c1[2H]. The van der Waals surface area contributed by atoms with Gasteiger partial charge in [-0.05, 0) is 150 Å². The third-order valence-corrected chi connectivity index (χ3v) is 15.4. The van der Waals surface area contributed by atoms with Crippen LogP contribution in [0.25, 0.3) is 33.4 Å². The van der Waals surface area contributed by atoms with Crippen LogP contribution in [-0.4, -0.2) is 6.71 Å². The van der Waals surface area contributed by atoms with E-state index in [9.17, 15) is 2.74 Å². The highest BCUT2D eigenvalue weighted by Gasteiger charge is 2.45. The molecule has 12 rings (SSSR count). The summed E-state index contributed by atoms with van der Waals surface area (Å²) in [5.74, 6) is 0. The zero-order valence-corrected chi connectivity index (χ0v) is 45.0. The fourth-order valence-corrected chi connectivity index (χ4v) is 11.3. The van der Waals surface area contributed by atoms with Crippen molar-refractivity contribution >= 4 is 74.3 Å². The molecule has 0 fully saturated rings. The van der Waals surface area contributed by atoms with E-state index in [4.69, 9.17) is 4.11 Å². The van der Waals surface area contributed by atoms with Gasteiger partial charge in [-0.15, -0.1) is 0 Å². The molecule has 0 spiro atoms. The summed E-state index contributed by atoms with van der Waals surface area (Å²) >= 11 is 0. The van der Waals surface area contributed by atoms with Crippen molar-refractivity contribution in [1.29, 1.82) is 0 Å². The largest absolute Gasteiger partial charge is 0.311 e. The lowest BCUT2D eigenvalue weighted by molar-refractivity contribution is 0.590. The number of hydrogen-bond acceptors (Lipinski definition) is 3. The van der Waals surface area contributed by atoms with Gasteiger partial charge in [0.1, 0.15) is 0 Å². The average molecular weight is 989 g/mol. The molecule has 0 aromatic heterocycles. The summed E-state index contributed by atoms with van der Waals surface area (Å²) in [6.07, 6.45) is 0. The molecular weight excluding hydrogens is 918 g/mol. The first-order valence-electron chi connectivity index (χ1n) is 29.1. The maximum Gasteiger partial charge on any atom is 0.252 e. The van der Waals surface area contributed by atoms with E-state index in [1.165, 1.54) is 16.7 Å². The van der Waals surface area contributed by atoms with Crippen molar-refractivity contribution in [3.05, 3.63) is 253 Å². The molecule has 10 aromatic carbocycles. The van der Waals surface area contributed by atoms with E-state index in [1.807, 2.05) is 12.1 Å². The number of rotatable bonds is 8. The van der Waals surface area contributed by atoms with Crippen LogP contribution in [0.2, 0.25) is 0 Å². The number of nitrogens with zero attached hydrogens (tertiary/aromatic N) is 3. The lowest BCUT2D eigenvalue weighted by Gasteiger charge is -2.46. The predicted octanol–water partition coefficient (Wildman–Crippen LogP) is 18.1. The number of benzene rings is 10. The summed E-state index contributed by atoms with van der Waals surface area (Å²) in [5.41, 5.74) is 19.8. The van der Waals surface area contributed by atoms with Gasteiger partial charge in [-0.25, -0.2) is 0 Å². The summed E-state index contributed by atoms with van der Waals surface area (Å²) < 4.78 is 46.2. The van der Waals surface area contributed by atoms with E-state index in [-0.39, 0.29) is 52.7 Å². The summed E-state index contributed by atoms with van der Waals surface area (Å²) in [4.78, 5) is 7.12. The minimum absolute atomic E-state index is 0.141. The first kappa shape index (κ1) is 43.0. The highest BCUT2D eigenvalue weighted by atomic mass is 15.2. The van der Waals surface area contributed by atoms with E-state index in [0.717, 1.165) is 89.8 Å². The molecule has 372 valence electrons. The number of anilines is 9.